The maximum atomic E-state index is 12.4. The zero-order valence-corrected chi connectivity index (χ0v) is 19.5. The molecule has 2 amide bonds. The number of hydrogen-bond donors (Lipinski definition) is 5. The molecular weight excluding hydrogens is 426 g/mol. The molecule has 178 valence electrons. The predicted octanol–water partition coefficient (Wildman–Crippen LogP) is 2.88. The Bertz CT molecular complexity index is 1080. The number of hydrogen-bond acceptors (Lipinski definition) is 5. The quantitative estimate of drug-likeness (QED) is 0.338. The van der Waals surface area contributed by atoms with Crippen LogP contribution in [0.15, 0.2) is 66.9 Å². The van der Waals surface area contributed by atoms with Gasteiger partial charge in [0, 0.05) is 36.9 Å². The monoisotopic (exact) mass is 459 g/mol. The van der Waals surface area contributed by atoms with Crippen molar-refractivity contribution in [2.75, 3.05) is 12.3 Å². The number of nitrogen functional groups attached to an aromatic ring is 1. The molecule has 2 aromatic carbocycles. The van der Waals surface area contributed by atoms with Gasteiger partial charge >= 0.3 is 6.03 Å². The van der Waals surface area contributed by atoms with Crippen molar-refractivity contribution in [3.8, 4) is 0 Å². The number of aliphatic hydroxyl groups excluding tert-OH is 1. The lowest BCUT2D eigenvalue weighted by molar-refractivity contribution is 0.170. The molecule has 0 radical (unpaired) electrons. The molecule has 1 aliphatic carbocycles. The van der Waals surface area contributed by atoms with Gasteiger partial charge in [-0.15, -0.1) is 0 Å². The number of nitrogens with zero attached hydrogens (tertiary/aromatic N) is 1. The Hall–Kier alpha value is -3.42. The first-order valence-corrected chi connectivity index (χ1v) is 11.8. The molecule has 0 bridgehead atoms. The van der Waals surface area contributed by atoms with Crippen LogP contribution in [-0.4, -0.2) is 34.8 Å². The number of benzene rings is 2. The minimum atomic E-state index is -0.641. The molecule has 3 aromatic rings. The van der Waals surface area contributed by atoms with Crippen LogP contribution >= 0.6 is 0 Å². The van der Waals surface area contributed by atoms with Crippen LogP contribution < -0.4 is 21.7 Å². The summed E-state index contributed by atoms with van der Waals surface area (Å²) in [7, 11) is 0. The first-order chi connectivity index (χ1) is 16.5. The lowest BCUT2D eigenvalue weighted by Crippen LogP contribution is -2.42. The van der Waals surface area contributed by atoms with Crippen molar-refractivity contribution in [3.63, 3.8) is 0 Å². The molecule has 4 rings (SSSR count). The van der Waals surface area contributed by atoms with Gasteiger partial charge in [0.25, 0.3) is 0 Å². The molecule has 0 spiro atoms. The Morgan fingerprint density at radius 1 is 1.09 bits per heavy atom. The molecule has 0 unspecified atom stereocenters. The second kappa shape index (κ2) is 11.1. The molecule has 7 heteroatoms. The van der Waals surface area contributed by atoms with Gasteiger partial charge in [-0.3, -0.25) is 0 Å². The first-order valence-electron chi connectivity index (χ1n) is 11.8. The van der Waals surface area contributed by atoms with Crippen LogP contribution in [-0.2, 0) is 25.8 Å². The molecule has 0 saturated heterocycles. The summed E-state index contributed by atoms with van der Waals surface area (Å²) in [4.78, 5) is 16.4. The highest BCUT2D eigenvalue weighted by atomic mass is 16.3. The number of fused-ring (bicyclic) bond motifs is 1. The molecule has 0 aliphatic heterocycles. The third-order valence-electron chi connectivity index (χ3n) is 6.23. The van der Waals surface area contributed by atoms with Crippen LogP contribution in [0.25, 0.3) is 0 Å². The van der Waals surface area contributed by atoms with E-state index in [1.165, 1.54) is 16.7 Å². The minimum absolute atomic E-state index is 0.135. The molecule has 34 heavy (non-hydrogen) atoms. The number of pyridine rings is 1. The molecule has 0 fully saturated rings. The molecule has 7 nitrogen and oxygen atoms in total. The molecule has 6 N–H and O–H groups in total. The highest BCUT2D eigenvalue weighted by Gasteiger charge is 2.22. The van der Waals surface area contributed by atoms with E-state index in [4.69, 9.17) is 5.73 Å². The zero-order valence-electron chi connectivity index (χ0n) is 19.5. The largest absolute Gasteiger partial charge is 0.387 e. The van der Waals surface area contributed by atoms with Crippen molar-refractivity contribution in [1.29, 1.82) is 0 Å². The lowest BCUT2D eigenvalue weighted by Gasteiger charge is -2.18. The molecule has 1 aliphatic rings. The van der Waals surface area contributed by atoms with Crippen LogP contribution in [0.4, 0.5) is 10.6 Å². The van der Waals surface area contributed by atoms with Crippen LogP contribution in [0.2, 0.25) is 0 Å². The van der Waals surface area contributed by atoms with Crippen molar-refractivity contribution >= 4 is 11.8 Å². The van der Waals surface area contributed by atoms with E-state index in [1.807, 2.05) is 24.3 Å². The topological polar surface area (TPSA) is 112 Å². The van der Waals surface area contributed by atoms with E-state index in [0.717, 1.165) is 30.4 Å². The number of aromatic nitrogens is 1. The zero-order chi connectivity index (χ0) is 23.9. The van der Waals surface area contributed by atoms with Crippen LogP contribution in [0, 0.1) is 0 Å². The van der Waals surface area contributed by atoms with Gasteiger partial charge in [-0.1, -0.05) is 54.6 Å². The number of anilines is 1. The van der Waals surface area contributed by atoms with E-state index in [0.29, 0.717) is 18.9 Å². The van der Waals surface area contributed by atoms with Crippen LogP contribution in [0.3, 0.4) is 0 Å². The van der Waals surface area contributed by atoms with Crippen molar-refractivity contribution in [2.45, 2.75) is 50.9 Å². The number of carbonyl (C=O) groups excluding carboxylic acids is 1. The van der Waals surface area contributed by atoms with Gasteiger partial charge in [0.05, 0.1) is 6.10 Å². The highest BCUT2D eigenvalue weighted by Crippen LogP contribution is 2.21. The predicted molar refractivity (Wildman–Crippen MR) is 134 cm³/mol. The summed E-state index contributed by atoms with van der Waals surface area (Å²) in [6.45, 7) is 3.00. The Morgan fingerprint density at radius 3 is 2.53 bits per heavy atom. The minimum Gasteiger partial charge on any atom is -0.387 e. The third-order valence-corrected chi connectivity index (χ3v) is 6.23. The summed E-state index contributed by atoms with van der Waals surface area (Å²) in [5, 5.41) is 19.8. The maximum Gasteiger partial charge on any atom is 0.315 e. The SMILES string of the molecule is C[C@H](Cc1cccc(CNC(=O)NC2Cc3ccccc3C2)c1)NC[C@@H](O)c1ccc(N)nc1. The molecule has 1 heterocycles. The maximum absolute atomic E-state index is 12.4. The van der Waals surface area contributed by atoms with E-state index >= 15 is 0 Å². The molecular formula is C27H33N5O2. The Balaban J connectivity index is 1.20. The van der Waals surface area contributed by atoms with E-state index in [2.05, 4.69) is 52.1 Å². The average Bonchev–Trinajstić information content (AvgIpc) is 3.24. The van der Waals surface area contributed by atoms with E-state index in [1.54, 1.807) is 18.3 Å². The van der Waals surface area contributed by atoms with Crippen LogP contribution in [0.1, 0.15) is 40.8 Å². The first kappa shape index (κ1) is 23.7. The summed E-state index contributed by atoms with van der Waals surface area (Å²) in [5.74, 6) is 0.438. The lowest BCUT2D eigenvalue weighted by atomic mass is 10.0. The van der Waals surface area contributed by atoms with E-state index in [9.17, 15) is 9.90 Å². The van der Waals surface area contributed by atoms with Crippen molar-refractivity contribution < 1.29 is 9.90 Å². The molecule has 1 aromatic heterocycles. The van der Waals surface area contributed by atoms with Gasteiger partial charge < -0.3 is 26.8 Å². The summed E-state index contributed by atoms with van der Waals surface area (Å²) in [6.07, 6.45) is 3.54. The number of amides is 2. The highest BCUT2D eigenvalue weighted by molar-refractivity contribution is 5.74. The van der Waals surface area contributed by atoms with Gasteiger partial charge in [0.15, 0.2) is 0 Å². The van der Waals surface area contributed by atoms with Crippen molar-refractivity contribution in [2.24, 2.45) is 0 Å². The smallest absolute Gasteiger partial charge is 0.315 e. The summed E-state index contributed by atoms with van der Waals surface area (Å²) >= 11 is 0. The Labute approximate surface area is 200 Å². The number of aliphatic hydroxyl groups is 1. The van der Waals surface area contributed by atoms with Gasteiger partial charge in [-0.2, -0.15) is 0 Å². The number of urea groups is 1. The van der Waals surface area contributed by atoms with Crippen molar-refractivity contribution in [1.82, 2.24) is 20.9 Å². The number of rotatable bonds is 9. The molecule has 0 saturated carbocycles. The standard InChI is InChI=1S/C27H33N5O2/c1-18(29-17-25(33)23-9-10-26(28)30-16-23)11-19-5-4-6-20(12-19)15-31-27(34)32-24-13-21-7-2-3-8-22(21)14-24/h2-10,12,16,18,24-25,29,33H,11,13-15,17H2,1H3,(H2,28,30)(H2,31,32,34)/t18-,25-/m1/s1. The Kier molecular flexibility index (Phi) is 7.77. The number of nitrogens with two attached hydrogens (primary N) is 1. The summed E-state index contributed by atoms with van der Waals surface area (Å²) in [6, 6.07) is 20.2. The summed E-state index contributed by atoms with van der Waals surface area (Å²) in [5.41, 5.74) is 11.2. The second-order valence-corrected chi connectivity index (χ2v) is 9.07. The normalized spacial score (nSPS) is 14.9. The Morgan fingerprint density at radius 2 is 1.82 bits per heavy atom. The molecule has 2 atom stereocenters. The third kappa shape index (κ3) is 6.56. The van der Waals surface area contributed by atoms with Gasteiger partial charge in [0.1, 0.15) is 5.82 Å². The fourth-order valence-corrected chi connectivity index (χ4v) is 4.42. The van der Waals surface area contributed by atoms with Crippen LogP contribution in [0.5, 0.6) is 0 Å². The summed E-state index contributed by atoms with van der Waals surface area (Å²) < 4.78 is 0. The van der Waals surface area contributed by atoms with Gasteiger partial charge in [-0.05, 0) is 54.5 Å². The fourth-order valence-electron chi connectivity index (χ4n) is 4.42. The number of nitrogens with one attached hydrogen (secondary N) is 3. The van der Waals surface area contributed by atoms with Gasteiger partial charge in [-0.25, -0.2) is 9.78 Å². The van der Waals surface area contributed by atoms with E-state index < -0.39 is 6.10 Å². The van der Waals surface area contributed by atoms with Gasteiger partial charge in [0.2, 0.25) is 0 Å². The van der Waals surface area contributed by atoms with E-state index in [-0.39, 0.29) is 18.1 Å². The second-order valence-electron chi connectivity index (χ2n) is 9.07. The van der Waals surface area contributed by atoms with Crippen molar-refractivity contribution in [3.05, 3.63) is 94.7 Å². The average molecular weight is 460 g/mol. The fraction of sp³-hybridized carbons (Fsp3) is 0.333. The number of carbonyl (C=O) groups is 1.